The van der Waals surface area contributed by atoms with Crippen LogP contribution in [0.1, 0.15) is 5.56 Å². The summed E-state index contributed by atoms with van der Waals surface area (Å²) in [5.74, 6) is 1.77. The molecule has 0 radical (unpaired) electrons. The second-order valence-electron chi connectivity index (χ2n) is 6.88. The molecular formula is C22H29N3O3. The minimum atomic E-state index is 0.0535. The van der Waals surface area contributed by atoms with Gasteiger partial charge in [0.25, 0.3) is 0 Å². The van der Waals surface area contributed by atoms with Crippen molar-refractivity contribution in [1.82, 2.24) is 10.2 Å². The molecular weight excluding hydrogens is 354 g/mol. The molecule has 0 aromatic heterocycles. The number of carbonyl (C=O) groups is 1. The molecule has 0 bridgehead atoms. The van der Waals surface area contributed by atoms with Crippen molar-refractivity contribution < 1.29 is 14.3 Å². The third-order valence-electron chi connectivity index (χ3n) is 5.07. The summed E-state index contributed by atoms with van der Waals surface area (Å²) in [6.07, 6.45) is 0.394. The number of rotatable bonds is 8. The van der Waals surface area contributed by atoms with Gasteiger partial charge in [0.1, 0.15) is 11.5 Å². The molecule has 0 saturated carbocycles. The number of carbonyl (C=O) groups excluding carboxylic acids is 1. The topological polar surface area (TPSA) is 54.0 Å². The van der Waals surface area contributed by atoms with Crippen LogP contribution in [0.3, 0.4) is 0 Å². The van der Waals surface area contributed by atoms with Crippen molar-refractivity contribution >= 4 is 11.6 Å². The summed E-state index contributed by atoms with van der Waals surface area (Å²) in [6.45, 7) is 5.41. The van der Waals surface area contributed by atoms with Crippen molar-refractivity contribution in [2.75, 3.05) is 58.4 Å². The molecule has 0 atom stereocenters. The third-order valence-corrected chi connectivity index (χ3v) is 5.07. The number of piperazine rings is 1. The highest BCUT2D eigenvalue weighted by Gasteiger charge is 2.19. The second-order valence-corrected chi connectivity index (χ2v) is 6.88. The summed E-state index contributed by atoms with van der Waals surface area (Å²) in [5.41, 5.74) is 2.14. The number of hydrogen-bond acceptors (Lipinski definition) is 5. The quantitative estimate of drug-likeness (QED) is 0.757. The van der Waals surface area contributed by atoms with Crippen molar-refractivity contribution in [2.45, 2.75) is 6.42 Å². The normalized spacial score (nSPS) is 14.6. The van der Waals surface area contributed by atoms with E-state index in [-0.39, 0.29) is 5.91 Å². The molecule has 2 aromatic rings. The van der Waals surface area contributed by atoms with Crippen molar-refractivity contribution in [3.8, 4) is 11.5 Å². The Morgan fingerprint density at radius 3 is 2.36 bits per heavy atom. The smallest absolute Gasteiger partial charge is 0.224 e. The number of benzene rings is 2. The zero-order chi connectivity index (χ0) is 19.8. The molecule has 0 spiro atoms. The molecule has 6 nitrogen and oxygen atoms in total. The highest BCUT2D eigenvalue weighted by atomic mass is 16.5. The Morgan fingerprint density at radius 1 is 0.964 bits per heavy atom. The van der Waals surface area contributed by atoms with Crippen LogP contribution in [0.15, 0.2) is 48.5 Å². The van der Waals surface area contributed by atoms with E-state index in [0.29, 0.717) is 13.0 Å². The van der Waals surface area contributed by atoms with Crippen LogP contribution in [0.4, 0.5) is 5.69 Å². The molecule has 28 heavy (non-hydrogen) atoms. The van der Waals surface area contributed by atoms with E-state index in [2.05, 4.69) is 21.2 Å². The van der Waals surface area contributed by atoms with Crippen molar-refractivity contribution in [2.24, 2.45) is 0 Å². The van der Waals surface area contributed by atoms with Gasteiger partial charge in [-0.3, -0.25) is 9.69 Å². The largest absolute Gasteiger partial charge is 0.497 e. The molecule has 1 aliphatic heterocycles. The van der Waals surface area contributed by atoms with Gasteiger partial charge in [-0.25, -0.2) is 0 Å². The van der Waals surface area contributed by atoms with Gasteiger partial charge >= 0.3 is 0 Å². The SMILES string of the molecule is COc1ccc(CC(=O)NCCN2CCN(c3ccccc3OC)CC2)cc1. The molecule has 1 heterocycles. The first-order chi connectivity index (χ1) is 13.7. The Labute approximate surface area is 167 Å². The Bertz CT molecular complexity index is 756. The number of hydrogen-bond donors (Lipinski definition) is 1. The number of ether oxygens (including phenoxy) is 2. The van der Waals surface area contributed by atoms with Crippen LogP contribution < -0.4 is 19.7 Å². The van der Waals surface area contributed by atoms with Crippen molar-refractivity contribution in [3.63, 3.8) is 0 Å². The molecule has 3 rings (SSSR count). The van der Waals surface area contributed by atoms with Crippen LogP contribution >= 0.6 is 0 Å². The predicted octanol–water partition coefficient (Wildman–Crippen LogP) is 2.18. The van der Waals surface area contributed by atoms with Gasteiger partial charge in [0.2, 0.25) is 5.91 Å². The van der Waals surface area contributed by atoms with Gasteiger partial charge in [-0.05, 0) is 29.8 Å². The van der Waals surface area contributed by atoms with E-state index in [1.165, 1.54) is 0 Å². The molecule has 1 aliphatic rings. The molecule has 1 saturated heterocycles. The molecule has 6 heteroatoms. The van der Waals surface area contributed by atoms with E-state index < -0.39 is 0 Å². The number of anilines is 1. The van der Waals surface area contributed by atoms with E-state index in [1.807, 2.05) is 42.5 Å². The summed E-state index contributed by atoms with van der Waals surface area (Å²) in [7, 11) is 3.35. The Kier molecular flexibility index (Phi) is 7.14. The Balaban J connectivity index is 1.37. The zero-order valence-corrected chi connectivity index (χ0v) is 16.7. The van der Waals surface area contributed by atoms with Crippen LogP contribution in [0.2, 0.25) is 0 Å². The maximum Gasteiger partial charge on any atom is 0.224 e. The number of nitrogens with one attached hydrogen (secondary N) is 1. The molecule has 1 amide bonds. The average Bonchev–Trinajstić information content (AvgIpc) is 2.75. The molecule has 0 unspecified atom stereocenters. The van der Waals surface area contributed by atoms with E-state index in [9.17, 15) is 4.79 Å². The van der Waals surface area contributed by atoms with E-state index in [0.717, 1.165) is 55.5 Å². The molecule has 0 aliphatic carbocycles. The highest BCUT2D eigenvalue weighted by Crippen LogP contribution is 2.28. The lowest BCUT2D eigenvalue weighted by Gasteiger charge is -2.36. The lowest BCUT2D eigenvalue weighted by molar-refractivity contribution is -0.120. The lowest BCUT2D eigenvalue weighted by Crippen LogP contribution is -2.48. The summed E-state index contributed by atoms with van der Waals surface area (Å²) in [5, 5.41) is 3.02. The Hall–Kier alpha value is -2.73. The van der Waals surface area contributed by atoms with Crippen LogP contribution in [0.5, 0.6) is 11.5 Å². The number of amides is 1. The number of methoxy groups -OCH3 is 2. The van der Waals surface area contributed by atoms with Crippen molar-refractivity contribution in [1.29, 1.82) is 0 Å². The van der Waals surface area contributed by atoms with Gasteiger partial charge in [-0.15, -0.1) is 0 Å². The minimum Gasteiger partial charge on any atom is -0.497 e. The summed E-state index contributed by atoms with van der Waals surface area (Å²) in [6, 6.07) is 15.8. The van der Waals surface area contributed by atoms with Crippen molar-refractivity contribution in [3.05, 3.63) is 54.1 Å². The average molecular weight is 383 g/mol. The van der Waals surface area contributed by atoms with Gasteiger partial charge in [0.05, 0.1) is 26.3 Å². The molecule has 1 fully saturated rings. The fraction of sp³-hybridized carbons (Fsp3) is 0.409. The Morgan fingerprint density at radius 2 is 1.68 bits per heavy atom. The monoisotopic (exact) mass is 383 g/mol. The standard InChI is InChI=1S/C22H29N3O3/c1-27-19-9-7-18(8-10-19)17-22(26)23-11-12-24-13-15-25(16-14-24)20-5-3-4-6-21(20)28-2/h3-10H,11-17H2,1-2H3,(H,23,26). The van der Waals surface area contributed by atoms with E-state index in [1.54, 1.807) is 14.2 Å². The summed E-state index contributed by atoms with van der Waals surface area (Å²) >= 11 is 0. The third kappa shape index (κ3) is 5.39. The molecule has 2 aromatic carbocycles. The number of para-hydroxylation sites is 2. The fourth-order valence-electron chi connectivity index (χ4n) is 3.45. The van der Waals surface area contributed by atoms with Crippen LogP contribution in [0, 0.1) is 0 Å². The van der Waals surface area contributed by atoms with Gasteiger partial charge in [-0.2, -0.15) is 0 Å². The molecule has 1 N–H and O–H groups in total. The highest BCUT2D eigenvalue weighted by molar-refractivity contribution is 5.78. The van der Waals surface area contributed by atoms with Crippen LogP contribution in [0.25, 0.3) is 0 Å². The predicted molar refractivity (Wildman–Crippen MR) is 111 cm³/mol. The van der Waals surface area contributed by atoms with Gasteiger partial charge in [-0.1, -0.05) is 24.3 Å². The maximum absolute atomic E-state index is 12.1. The van der Waals surface area contributed by atoms with Crippen LogP contribution in [-0.4, -0.2) is 64.3 Å². The first kappa shape index (κ1) is 20.0. The van der Waals surface area contributed by atoms with E-state index in [4.69, 9.17) is 9.47 Å². The first-order valence-corrected chi connectivity index (χ1v) is 9.69. The maximum atomic E-state index is 12.1. The lowest BCUT2D eigenvalue weighted by atomic mass is 10.1. The van der Waals surface area contributed by atoms with Crippen LogP contribution in [-0.2, 0) is 11.2 Å². The van der Waals surface area contributed by atoms with Gasteiger partial charge < -0.3 is 19.7 Å². The first-order valence-electron chi connectivity index (χ1n) is 9.69. The minimum absolute atomic E-state index is 0.0535. The fourth-order valence-corrected chi connectivity index (χ4v) is 3.45. The second kappa shape index (κ2) is 9.99. The molecule has 150 valence electrons. The van der Waals surface area contributed by atoms with E-state index >= 15 is 0 Å². The van der Waals surface area contributed by atoms with Gasteiger partial charge in [0, 0.05) is 39.3 Å². The zero-order valence-electron chi connectivity index (χ0n) is 16.7. The summed E-state index contributed by atoms with van der Waals surface area (Å²) < 4.78 is 10.6. The van der Waals surface area contributed by atoms with Gasteiger partial charge in [0.15, 0.2) is 0 Å². The summed E-state index contributed by atoms with van der Waals surface area (Å²) in [4.78, 5) is 16.9. The number of nitrogens with zero attached hydrogens (tertiary/aromatic N) is 2.